The van der Waals surface area contributed by atoms with Crippen LogP contribution >= 0.6 is 0 Å². The molecule has 0 radical (unpaired) electrons. The molecule has 10 heteroatoms. The summed E-state index contributed by atoms with van der Waals surface area (Å²) in [6.45, 7) is 1.17. The molecule has 0 saturated carbocycles. The quantitative estimate of drug-likeness (QED) is 0.656. The van der Waals surface area contributed by atoms with Gasteiger partial charge >= 0.3 is 24.1 Å². The van der Waals surface area contributed by atoms with E-state index in [4.69, 9.17) is 10.2 Å². The molecule has 0 aliphatic rings. The second kappa shape index (κ2) is 7.70. The molecule has 0 saturated heterocycles. The molecule has 0 bridgehead atoms. The van der Waals surface area contributed by atoms with Crippen LogP contribution in [0.5, 0.6) is 0 Å². The van der Waals surface area contributed by atoms with E-state index in [1.807, 2.05) is 5.32 Å². The molecule has 0 fully saturated rings. The number of hydrogen-bond donors (Lipinski definition) is 3. The highest BCUT2D eigenvalue weighted by molar-refractivity contribution is 5.83. The van der Waals surface area contributed by atoms with Crippen LogP contribution in [0.4, 0.5) is 18.0 Å². The normalized spacial score (nSPS) is 12.9. The molecule has 2 amide bonds. The van der Waals surface area contributed by atoms with Gasteiger partial charge in [-0.25, -0.2) is 9.59 Å². The van der Waals surface area contributed by atoms with Crippen molar-refractivity contribution in [3.05, 3.63) is 0 Å². The Balaban J connectivity index is 4.83. The van der Waals surface area contributed by atoms with Crippen molar-refractivity contribution < 1.29 is 37.8 Å². The van der Waals surface area contributed by atoms with E-state index in [0.29, 0.717) is 4.90 Å². The number of carboxylic acid groups (broad SMARTS) is 2. The minimum Gasteiger partial charge on any atom is -0.481 e. The molecular weight excluding hydrogens is 297 g/mol. The number of halogens is 3. The summed E-state index contributed by atoms with van der Waals surface area (Å²) in [5.41, 5.74) is 0. The average molecular weight is 314 g/mol. The Bertz CT molecular complexity index is 398. The summed E-state index contributed by atoms with van der Waals surface area (Å²) in [4.78, 5) is 33.4. The molecule has 0 aliphatic heterocycles. The van der Waals surface area contributed by atoms with Gasteiger partial charge in [-0.1, -0.05) is 0 Å². The van der Waals surface area contributed by atoms with Crippen molar-refractivity contribution in [3.63, 3.8) is 0 Å². The third kappa shape index (κ3) is 8.00. The van der Waals surface area contributed by atoms with Crippen LogP contribution in [0.15, 0.2) is 0 Å². The van der Waals surface area contributed by atoms with Gasteiger partial charge < -0.3 is 20.4 Å². The molecule has 3 N–H and O–H groups in total. The second-order valence-corrected chi connectivity index (χ2v) is 4.61. The van der Waals surface area contributed by atoms with Gasteiger partial charge in [0.1, 0.15) is 12.6 Å². The number of carbonyl (C=O) groups excluding carboxylic acids is 1. The van der Waals surface area contributed by atoms with Crippen molar-refractivity contribution >= 4 is 18.0 Å². The highest BCUT2D eigenvalue weighted by Crippen LogP contribution is 2.18. The van der Waals surface area contributed by atoms with E-state index in [2.05, 4.69) is 0 Å². The maximum absolute atomic E-state index is 12.4. The molecule has 0 unspecified atom stereocenters. The van der Waals surface area contributed by atoms with E-state index in [0.717, 1.165) is 0 Å². The summed E-state index contributed by atoms with van der Waals surface area (Å²) in [5, 5.41) is 19.2. The van der Waals surface area contributed by atoms with E-state index in [1.54, 1.807) is 0 Å². The first kappa shape index (κ1) is 19.0. The zero-order valence-electron chi connectivity index (χ0n) is 11.5. The summed E-state index contributed by atoms with van der Waals surface area (Å²) in [5.74, 6) is -2.79. The third-order valence-corrected chi connectivity index (χ3v) is 2.48. The van der Waals surface area contributed by atoms with Gasteiger partial charge in [-0.15, -0.1) is 0 Å². The van der Waals surface area contributed by atoms with Crippen LogP contribution in [0.2, 0.25) is 0 Å². The van der Waals surface area contributed by atoms with Crippen molar-refractivity contribution in [2.45, 2.75) is 44.9 Å². The van der Waals surface area contributed by atoms with Gasteiger partial charge in [-0.3, -0.25) is 4.79 Å². The first-order valence-corrected chi connectivity index (χ1v) is 6.02. The van der Waals surface area contributed by atoms with E-state index >= 15 is 0 Å². The van der Waals surface area contributed by atoms with Crippen LogP contribution in [-0.4, -0.2) is 57.9 Å². The van der Waals surface area contributed by atoms with Crippen LogP contribution in [0.3, 0.4) is 0 Å². The van der Waals surface area contributed by atoms with Crippen molar-refractivity contribution in [1.29, 1.82) is 0 Å². The van der Waals surface area contributed by atoms with Gasteiger partial charge in [0.05, 0.1) is 0 Å². The summed E-state index contributed by atoms with van der Waals surface area (Å²) in [6.07, 6.45) is -5.58. The first-order valence-electron chi connectivity index (χ1n) is 6.02. The maximum Gasteiger partial charge on any atom is 0.406 e. The Kier molecular flexibility index (Phi) is 6.96. The van der Waals surface area contributed by atoms with E-state index in [1.165, 1.54) is 13.8 Å². The average Bonchev–Trinajstić information content (AvgIpc) is 2.29. The van der Waals surface area contributed by atoms with Crippen LogP contribution in [0, 0.1) is 0 Å². The molecule has 122 valence electrons. The van der Waals surface area contributed by atoms with Crippen LogP contribution in [-0.2, 0) is 9.59 Å². The minimum absolute atomic E-state index is 0.422. The van der Waals surface area contributed by atoms with Crippen molar-refractivity contribution in [2.24, 2.45) is 0 Å². The fourth-order valence-electron chi connectivity index (χ4n) is 1.44. The van der Waals surface area contributed by atoms with E-state index < -0.39 is 55.6 Å². The summed E-state index contributed by atoms with van der Waals surface area (Å²) < 4.78 is 37.1. The first-order chi connectivity index (χ1) is 9.44. The lowest BCUT2D eigenvalue weighted by Gasteiger charge is -2.29. The van der Waals surface area contributed by atoms with Crippen LogP contribution in [0.25, 0.3) is 0 Å². The fourth-order valence-corrected chi connectivity index (χ4v) is 1.44. The Morgan fingerprint density at radius 1 is 1.19 bits per heavy atom. The third-order valence-electron chi connectivity index (χ3n) is 2.48. The smallest absolute Gasteiger partial charge is 0.406 e. The second-order valence-electron chi connectivity index (χ2n) is 4.61. The van der Waals surface area contributed by atoms with Crippen molar-refractivity contribution in [3.8, 4) is 0 Å². The van der Waals surface area contributed by atoms with Gasteiger partial charge in [0.15, 0.2) is 0 Å². The van der Waals surface area contributed by atoms with Crippen molar-refractivity contribution in [1.82, 2.24) is 10.2 Å². The Morgan fingerprint density at radius 2 is 1.71 bits per heavy atom. The van der Waals surface area contributed by atoms with Crippen molar-refractivity contribution in [2.75, 3.05) is 6.54 Å². The van der Waals surface area contributed by atoms with Gasteiger partial charge in [0, 0.05) is 12.5 Å². The molecule has 0 aliphatic carbocycles. The number of alkyl halides is 3. The number of amides is 2. The predicted octanol–water partition coefficient (Wildman–Crippen LogP) is 1.29. The topological polar surface area (TPSA) is 107 Å². The molecule has 0 aromatic carbocycles. The molecule has 21 heavy (non-hydrogen) atoms. The van der Waals surface area contributed by atoms with E-state index in [-0.39, 0.29) is 0 Å². The number of urea groups is 1. The number of nitrogens with zero attached hydrogens (tertiary/aromatic N) is 1. The maximum atomic E-state index is 12.4. The molecule has 7 nitrogen and oxygen atoms in total. The number of hydrogen-bond acceptors (Lipinski definition) is 3. The number of rotatable bonds is 7. The zero-order chi connectivity index (χ0) is 16.8. The SMILES string of the molecule is CC(C)N(CC(F)(F)F)C(=O)N[C@@H](CCC(=O)O)C(=O)O. The monoisotopic (exact) mass is 314 g/mol. The summed E-state index contributed by atoms with van der Waals surface area (Å²) in [7, 11) is 0. The summed E-state index contributed by atoms with van der Waals surface area (Å²) >= 11 is 0. The number of aliphatic carboxylic acids is 2. The van der Waals surface area contributed by atoms with Gasteiger partial charge in [0.2, 0.25) is 0 Å². The van der Waals surface area contributed by atoms with Gasteiger partial charge in [0.25, 0.3) is 0 Å². The largest absolute Gasteiger partial charge is 0.481 e. The molecule has 0 aromatic rings. The van der Waals surface area contributed by atoms with Crippen LogP contribution in [0.1, 0.15) is 26.7 Å². The molecular formula is C11H17F3N2O5. The lowest BCUT2D eigenvalue weighted by atomic mass is 10.1. The standard InChI is InChI=1S/C11H17F3N2O5/c1-6(2)16(5-11(12,13)14)10(21)15-7(9(19)20)3-4-8(17)18/h6-7H,3-5H2,1-2H3,(H,15,21)(H,17,18)(H,19,20)/t7-/m0/s1. The van der Waals surface area contributed by atoms with Crippen LogP contribution < -0.4 is 5.32 Å². The van der Waals surface area contributed by atoms with Gasteiger partial charge in [-0.05, 0) is 20.3 Å². The number of carbonyl (C=O) groups is 3. The predicted molar refractivity (Wildman–Crippen MR) is 64.7 cm³/mol. The molecule has 0 heterocycles. The highest BCUT2D eigenvalue weighted by Gasteiger charge is 2.35. The Morgan fingerprint density at radius 3 is 2.05 bits per heavy atom. The summed E-state index contributed by atoms with van der Waals surface area (Å²) in [6, 6.07) is -3.58. The number of nitrogens with one attached hydrogen (secondary N) is 1. The van der Waals surface area contributed by atoms with E-state index in [9.17, 15) is 27.6 Å². The Labute approximate surface area is 118 Å². The lowest BCUT2D eigenvalue weighted by Crippen LogP contribution is -2.52. The Hall–Kier alpha value is -2.00. The molecule has 1 atom stereocenters. The van der Waals surface area contributed by atoms with Gasteiger partial charge in [-0.2, -0.15) is 13.2 Å². The molecule has 0 spiro atoms. The fraction of sp³-hybridized carbons (Fsp3) is 0.727. The lowest BCUT2D eigenvalue weighted by molar-refractivity contribution is -0.143. The minimum atomic E-state index is -4.62. The molecule has 0 aromatic heterocycles. The zero-order valence-corrected chi connectivity index (χ0v) is 11.5. The number of carboxylic acids is 2. The molecule has 0 rings (SSSR count). The highest BCUT2D eigenvalue weighted by atomic mass is 19.4.